The van der Waals surface area contributed by atoms with E-state index in [9.17, 15) is 27.7 Å². The number of hydrogen-bond donors (Lipinski definition) is 2. The van der Waals surface area contributed by atoms with Crippen molar-refractivity contribution in [2.75, 3.05) is 19.0 Å². The smallest absolute Gasteiger partial charge is 0.416 e. The molecule has 1 atom stereocenters. The summed E-state index contributed by atoms with van der Waals surface area (Å²) in [6, 6.07) is 1.36. The van der Waals surface area contributed by atoms with Crippen LogP contribution in [0.1, 0.15) is 0 Å². The Kier molecular flexibility index (Phi) is 4.71. The van der Waals surface area contributed by atoms with E-state index in [1.807, 2.05) is 5.32 Å². The van der Waals surface area contributed by atoms with E-state index in [1.165, 1.54) is 0 Å². The molecule has 0 amide bonds. The fourth-order valence-corrected chi connectivity index (χ4v) is 1.31. The van der Waals surface area contributed by atoms with Crippen LogP contribution in [0.2, 0.25) is 0 Å². The molecule has 0 spiro atoms. The molecule has 0 saturated heterocycles. The molecule has 0 aliphatic carbocycles. The third kappa shape index (κ3) is 3.70. The van der Waals surface area contributed by atoms with E-state index in [1.54, 1.807) is 0 Å². The fraction of sp³-hybridized carbons (Fsp3) is 0.400. The number of nitro benzene ring substituents is 1. The van der Waals surface area contributed by atoms with Crippen LogP contribution in [-0.2, 0) is 0 Å². The molecule has 2 N–H and O–H groups in total. The highest BCUT2D eigenvalue weighted by atomic mass is 19.4. The van der Waals surface area contributed by atoms with Gasteiger partial charge in [0, 0.05) is 12.6 Å². The summed E-state index contributed by atoms with van der Waals surface area (Å²) < 4.78 is 54.3. The molecule has 0 heterocycles. The van der Waals surface area contributed by atoms with Crippen LogP contribution in [0.5, 0.6) is 5.75 Å². The number of rotatable bonds is 5. The first-order valence-corrected chi connectivity index (χ1v) is 5.17. The highest BCUT2D eigenvalue weighted by Crippen LogP contribution is 2.32. The summed E-state index contributed by atoms with van der Waals surface area (Å²) >= 11 is 0. The van der Waals surface area contributed by atoms with Crippen molar-refractivity contribution < 1.29 is 32.3 Å². The lowest BCUT2D eigenvalue weighted by molar-refractivity contribution is -0.385. The number of halogens is 4. The molecular formula is C10H10F4N2O4. The first-order valence-electron chi connectivity index (χ1n) is 5.17. The molecule has 10 heteroatoms. The molecule has 0 saturated carbocycles. The molecule has 0 aromatic heterocycles. The second-order valence-electron chi connectivity index (χ2n) is 3.70. The average molecular weight is 298 g/mol. The second kappa shape index (κ2) is 5.90. The quantitative estimate of drug-likeness (QED) is 0.494. The van der Waals surface area contributed by atoms with Crippen LogP contribution < -0.4 is 10.1 Å². The van der Waals surface area contributed by atoms with E-state index in [0.29, 0.717) is 6.07 Å². The number of methoxy groups -OCH3 is 1. The number of hydrogen-bond acceptors (Lipinski definition) is 5. The van der Waals surface area contributed by atoms with E-state index in [4.69, 9.17) is 5.11 Å². The standard InChI is InChI=1S/C10H10F4N2O4/c1-20-8-3-6(5(11)2-7(8)16(18)19)15-4-9(17)10(12,13)14/h2-3,9,15,17H,4H2,1H3. The van der Waals surface area contributed by atoms with Gasteiger partial charge in [0.2, 0.25) is 0 Å². The van der Waals surface area contributed by atoms with Crippen LogP contribution in [0.3, 0.4) is 0 Å². The average Bonchev–Trinajstić information content (AvgIpc) is 2.35. The van der Waals surface area contributed by atoms with Crippen LogP contribution in [-0.4, -0.2) is 36.0 Å². The lowest BCUT2D eigenvalue weighted by atomic mass is 10.2. The van der Waals surface area contributed by atoms with E-state index in [2.05, 4.69) is 4.74 Å². The van der Waals surface area contributed by atoms with Gasteiger partial charge in [-0.25, -0.2) is 4.39 Å². The van der Waals surface area contributed by atoms with Crippen molar-refractivity contribution in [2.45, 2.75) is 12.3 Å². The molecule has 0 aliphatic rings. The third-order valence-corrected chi connectivity index (χ3v) is 2.33. The van der Waals surface area contributed by atoms with E-state index >= 15 is 0 Å². The summed E-state index contributed by atoms with van der Waals surface area (Å²) in [6.07, 6.45) is -7.54. The Bertz CT molecular complexity index is 507. The van der Waals surface area contributed by atoms with Crippen LogP contribution >= 0.6 is 0 Å². The Morgan fingerprint density at radius 3 is 2.55 bits per heavy atom. The van der Waals surface area contributed by atoms with E-state index in [-0.39, 0.29) is 5.75 Å². The normalized spacial score (nSPS) is 12.9. The van der Waals surface area contributed by atoms with Gasteiger partial charge >= 0.3 is 11.9 Å². The topological polar surface area (TPSA) is 84.6 Å². The molecule has 112 valence electrons. The Morgan fingerprint density at radius 2 is 2.10 bits per heavy atom. The van der Waals surface area contributed by atoms with Crippen LogP contribution in [0.15, 0.2) is 12.1 Å². The summed E-state index contributed by atoms with van der Waals surface area (Å²) in [6.45, 7) is -0.999. The minimum absolute atomic E-state index is 0.319. The van der Waals surface area contributed by atoms with Crippen LogP contribution in [0.25, 0.3) is 0 Å². The second-order valence-corrected chi connectivity index (χ2v) is 3.70. The molecule has 20 heavy (non-hydrogen) atoms. The predicted molar refractivity (Wildman–Crippen MR) is 60.2 cm³/mol. The van der Waals surface area contributed by atoms with Gasteiger partial charge in [-0.1, -0.05) is 0 Å². The fourth-order valence-electron chi connectivity index (χ4n) is 1.31. The predicted octanol–water partition coefficient (Wildman–Crippen LogP) is 2.08. The Hall–Kier alpha value is -2.10. The summed E-state index contributed by atoms with van der Waals surface area (Å²) in [5.74, 6) is -1.45. The van der Waals surface area contributed by atoms with Crippen molar-refractivity contribution in [3.63, 3.8) is 0 Å². The number of alkyl halides is 3. The lowest BCUT2D eigenvalue weighted by Gasteiger charge is -2.16. The van der Waals surface area contributed by atoms with Gasteiger partial charge in [-0.2, -0.15) is 13.2 Å². The number of nitro groups is 1. The van der Waals surface area contributed by atoms with Crippen molar-refractivity contribution in [1.29, 1.82) is 0 Å². The van der Waals surface area contributed by atoms with Gasteiger partial charge in [0.1, 0.15) is 0 Å². The zero-order valence-corrected chi connectivity index (χ0v) is 10.1. The Labute approximate surface area is 110 Å². The zero-order valence-electron chi connectivity index (χ0n) is 10.1. The number of benzene rings is 1. The minimum Gasteiger partial charge on any atom is -0.490 e. The maximum atomic E-state index is 13.5. The highest BCUT2D eigenvalue weighted by Gasteiger charge is 2.38. The number of ether oxygens (including phenoxy) is 1. The largest absolute Gasteiger partial charge is 0.490 e. The molecule has 6 nitrogen and oxygen atoms in total. The summed E-state index contributed by atoms with van der Waals surface area (Å²) in [5, 5.41) is 21.4. The van der Waals surface area contributed by atoms with Gasteiger partial charge in [0.25, 0.3) is 0 Å². The number of aliphatic hydroxyl groups excluding tert-OH is 1. The minimum atomic E-state index is -4.85. The summed E-state index contributed by atoms with van der Waals surface area (Å²) in [7, 11) is 1.09. The SMILES string of the molecule is COc1cc(NCC(O)C(F)(F)F)c(F)cc1[N+](=O)[O-]. The first-order chi connectivity index (χ1) is 9.16. The van der Waals surface area contributed by atoms with Crippen molar-refractivity contribution in [1.82, 2.24) is 0 Å². The van der Waals surface area contributed by atoms with Gasteiger partial charge in [0.05, 0.1) is 23.8 Å². The highest BCUT2D eigenvalue weighted by molar-refractivity contribution is 5.59. The molecule has 1 rings (SSSR count). The lowest BCUT2D eigenvalue weighted by Crippen LogP contribution is -2.35. The monoisotopic (exact) mass is 298 g/mol. The summed E-state index contributed by atoms with van der Waals surface area (Å²) in [5.41, 5.74) is -1.11. The number of aliphatic hydroxyl groups is 1. The molecule has 0 radical (unpaired) electrons. The van der Waals surface area contributed by atoms with E-state index < -0.39 is 40.9 Å². The molecule has 0 fully saturated rings. The third-order valence-electron chi connectivity index (χ3n) is 2.33. The zero-order chi connectivity index (χ0) is 15.5. The summed E-state index contributed by atoms with van der Waals surface area (Å²) in [4.78, 5) is 9.70. The van der Waals surface area contributed by atoms with E-state index in [0.717, 1.165) is 13.2 Å². The number of nitrogens with zero attached hydrogens (tertiary/aromatic N) is 1. The maximum absolute atomic E-state index is 13.5. The van der Waals surface area contributed by atoms with Gasteiger partial charge in [0.15, 0.2) is 17.7 Å². The molecule has 1 unspecified atom stereocenters. The van der Waals surface area contributed by atoms with Crippen LogP contribution in [0, 0.1) is 15.9 Å². The van der Waals surface area contributed by atoms with Gasteiger partial charge < -0.3 is 15.2 Å². The van der Waals surface area contributed by atoms with Crippen molar-refractivity contribution in [3.05, 3.63) is 28.1 Å². The molecule has 1 aromatic rings. The molecule has 0 aliphatic heterocycles. The van der Waals surface area contributed by atoms with Crippen LogP contribution in [0.4, 0.5) is 28.9 Å². The number of anilines is 1. The number of nitrogens with one attached hydrogen (secondary N) is 1. The van der Waals surface area contributed by atoms with Crippen molar-refractivity contribution in [2.24, 2.45) is 0 Å². The first kappa shape index (κ1) is 16.0. The van der Waals surface area contributed by atoms with Crippen molar-refractivity contribution in [3.8, 4) is 5.75 Å². The van der Waals surface area contributed by atoms with Crippen molar-refractivity contribution >= 4 is 11.4 Å². The van der Waals surface area contributed by atoms with Gasteiger partial charge in [-0.3, -0.25) is 10.1 Å². The van der Waals surface area contributed by atoms with Gasteiger partial charge in [-0.15, -0.1) is 0 Å². The Morgan fingerprint density at radius 1 is 1.50 bits per heavy atom. The van der Waals surface area contributed by atoms with Gasteiger partial charge in [-0.05, 0) is 0 Å². The molecule has 1 aromatic carbocycles. The molecule has 0 bridgehead atoms. The molecular weight excluding hydrogens is 288 g/mol. The Balaban J connectivity index is 2.94. The maximum Gasteiger partial charge on any atom is 0.416 e.